The van der Waals surface area contributed by atoms with Crippen molar-refractivity contribution >= 4 is 28.2 Å². The van der Waals surface area contributed by atoms with Gasteiger partial charge in [-0.1, -0.05) is 41.7 Å². The Hall–Kier alpha value is -3.00. The summed E-state index contributed by atoms with van der Waals surface area (Å²) in [6.07, 6.45) is -4.47. The minimum Gasteiger partial charge on any atom is -0.298 e. The zero-order chi connectivity index (χ0) is 19.6. The maximum Gasteiger partial charge on any atom is 0.416 e. The number of ketones is 1. The lowest BCUT2D eigenvalue weighted by Crippen LogP contribution is -2.12. The van der Waals surface area contributed by atoms with Crippen molar-refractivity contribution in [3.63, 3.8) is 0 Å². The Morgan fingerprint density at radius 3 is 2.19 bits per heavy atom. The number of hydrogen-bond donors (Lipinski definition) is 1. The summed E-state index contributed by atoms with van der Waals surface area (Å²) in [6, 6.07) is 12.9. The molecule has 1 amide bonds. The summed E-state index contributed by atoms with van der Waals surface area (Å²) in [7, 11) is 0. The molecule has 0 saturated carbocycles. The molecule has 8 heteroatoms. The van der Waals surface area contributed by atoms with Crippen LogP contribution < -0.4 is 5.32 Å². The molecule has 0 aliphatic heterocycles. The largest absolute Gasteiger partial charge is 0.416 e. The van der Waals surface area contributed by atoms with Crippen LogP contribution in [0, 0.1) is 0 Å². The van der Waals surface area contributed by atoms with E-state index in [4.69, 9.17) is 0 Å². The van der Waals surface area contributed by atoms with Gasteiger partial charge in [0.1, 0.15) is 0 Å². The normalized spacial score (nSPS) is 11.3. The van der Waals surface area contributed by atoms with Gasteiger partial charge in [0.2, 0.25) is 0 Å². The molecule has 0 spiro atoms. The van der Waals surface area contributed by atoms with Crippen LogP contribution in [-0.4, -0.2) is 16.7 Å². The van der Waals surface area contributed by atoms with E-state index in [1.54, 1.807) is 24.3 Å². The molecule has 27 heavy (non-hydrogen) atoms. The van der Waals surface area contributed by atoms with Gasteiger partial charge in [0.25, 0.3) is 5.91 Å². The quantitative estimate of drug-likeness (QED) is 0.617. The van der Waals surface area contributed by atoms with E-state index in [2.05, 4.69) is 10.3 Å². The SMILES string of the molecule is CC(=O)c1sc(NC(=O)c2ccc(C(F)(F)F)cc2)nc1-c1ccccc1. The van der Waals surface area contributed by atoms with Crippen LogP contribution in [0.2, 0.25) is 0 Å². The fourth-order valence-electron chi connectivity index (χ4n) is 2.38. The minimum absolute atomic E-state index is 0.0591. The van der Waals surface area contributed by atoms with Gasteiger partial charge in [0.05, 0.1) is 16.1 Å². The molecule has 1 heterocycles. The number of thiazole rings is 1. The predicted molar refractivity (Wildman–Crippen MR) is 97.0 cm³/mol. The third-order valence-electron chi connectivity index (χ3n) is 3.69. The molecule has 2 aromatic carbocycles. The van der Waals surface area contributed by atoms with Crippen molar-refractivity contribution in [1.29, 1.82) is 0 Å². The van der Waals surface area contributed by atoms with Gasteiger partial charge in [-0.15, -0.1) is 0 Å². The van der Waals surface area contributed by atoms with Crippen LogP contribution in [-0.2, 0) is 6.18 Å². The molecule has 3 rings (SSSR count). The summed E-state index contributed by atoms with van der Waals surface area (Å²) in [5, 5.41) is 2.73. The van der Waals surface area contributed by atoms with Gasteiger partial charge >= 0.3 is 6.18 Å². The lowest BCUT2D eigenvalue weighted by atomic mass is 10.1. The number of nitrogens with zero attached hydrogens (tertiary/aromatic N) is 1. The van der Waals surface area contributed by atoms with Crippen LogP contribution in [0.5, 0.6) is 0 Å². The maximum absolute atomic E-state index is 12.6. The topological polar surface area (TPSA) is 59.1 Å². The van der Waals surface area contributed by atoms with Crippen LogP contribution in [0.4, 0.5) is 18.3 Å². The summed E-state index contributed by atoms with van der Waals surface area (Å²) < 4.78 is 37.8. The number of carbonyl (C=O) groups is 2. The number of halogens is 3. The van der Waals surface area contributed by atoms with Crippen LogP contribution in [0.3, 0.4) is 0 Å². The number of hydrogen-bond acceptors (Lipinski definition) is 4. The van der Waals surface area contributed by atoms with Gasteiger partial charge in [0.15, 0.2) is 10.9 Å². The van der Waals surface area contributed by atoms with E-state index in [9.17, 15) is 22.8 Å². The van der Waals surface area contributed by atoms with Crippen molar-refractivity contribution in [3.05, 3.63) is 70.6 Å². The van der Waals surface area contributed by atoms with Crippen LogP contribution >= 0.6 is 11.3 Å². The Morgan fingerprint density at radius 1 is 1.00 bits per heavy atom. The first-order valence-corrected chi connectivity index (χ1v) is 8.63. The van der Waals surface area contributed by atoms with Crippen molar-refractivity contribution < 1.29 is 22.8 Å². The van der Waals surface area contributed by atoms with Crippen molar-refractivity contribution in [2.75, 3.05) is 5.32 Å². The van der Waals surface area contributed by atoms with Gasteiger partial charge in [-0.3, -0.25) is 14.9 Å². The first-order chi connectivity index (χ1) is 12.8. The van der Waals surface area contributed by atoms with Crippen LogP contribution in [0.15, 0.2) is 54.6 Å². The summed E-state index contributed by atoms with van der Waals surface area (Å²) in [6.45, 7) is 1.40. The maximum atomic E-state index is 12.6. The molecule has 0 radical (unpaired) electrons. The van der Waals surface area contributed by atoms with E-state index in [1.807, 2.05) is 6.07 Å². The van der Waals surface area contributed by atoms with E-state index >= 15 is 0 Å². The second-order valence-electron chi connectivity index (χ2n) is 5.65. The summed E-state index contributed by atoms with van der Waals surface area (Å²) >= 11 is 1.02. The number of benzene rings is 2. The third kappa shape index (κ3) is 4.22. The molecular formula is C19H13F3N2O2S. The van der Waals surface area contributed by atoms with E-state index in [0.29, 0.717) is 10.6 Å². The first kappa shape index (κ1) is 18.8. The Kier molecular flexibility index (Phi) is 5.09. The second kappa shape index (κ2) is 7.32. The number of carbonyl (C=O) groups excluding carboxylic acids is 2. The molecule has 0 fully saturated rings. The molecular weight excluding hydrogens is 377 g/mol. The second-order valence-corrected chi connectivity index (χ2v) is 6.65. The molecule has 0 unspecified atom stereocenters. The van der Waals surface area contributed by atoms with E-state index in [-0.39, 0.29) is 16.5 Å². The van der Waals surface area contributed by atoms with Crippen molar-refractivity contribution in [3.8, 4) is 11.3 Å². The van der Waals surface area contributed by atoms with Gasteiger partial charge < -0.3 is 0 Å². The monoisotopic (exact) mass is 390 g/mol. The number of anilines is 1. The Morgan fingerprint density at radius 2 is 1.63 bits per heavy atom. The highest BCUT2D eigenvalue weighted by molar-refractivity contribution is 7.18. The summed E-state index contributed by atoms with van der Waals surface area (Å²) in [4.78, 5) is 28.9. The number of nitrogens with one attached hydrogen (secondary N) is 1. The van der Waals surface area contributed by atoms with Crippen molar-refractivity contribution in [1.82, 2.24) is 4.98 Å². The first-order valence-electron chi connectivity index (χ1n) is 7.81. The highest BCUT2D eigenvalue weighted by Gasteiger charge is 2.30. The lowest BCUT2D eigenvalue weighted by molar-refractivity contribution is -0.137. The van der Waals surface area contributed by atoms with Crippen molar-refractivity contribution in [2.45, 2.75) is 13.1 Å². The summed E-state index contributed by atoms with van der Waals surface area (Å²) in [5.74, 6) is -0.798. The van der Waals surface area contributed by atoms with E-state index in [1.165, 1.54) is 6.92 Å². The zero-order valence-corrected chi connectivity index (χ0v) is 14.8. The summed E-state index contributed by atoms with van der Waals surface area (Å²) in [5.41, 5.74) is 0.409. The molecule has 0 aliphatic rings. The standard InChI is InChI=1S/C19H13F3N2O2S/c1-11(25)16-15(12-5-3-2-4-6-12)23-18(27-16)24-17(26)13-7-9-14(10-8-13)19(20,21)22/h2-10H,1H3,(H,23,24,26). The molecule has 0 saturated heterocycles. The Bertz CT molecular complexity index is 980. The molecule has 1 N–H and O–H groups in total. The molecule has 138 valence electrons. The number of Topliss-reactive ketones (excluding diaryl/α,β-unsaturated/α-hetero) is 1. The Labute approximate surface area is 156 Å². The lowest BCUT2D eigenvalue weighted by Gasteiger charge is -2.07. The van der Waals surface area contributed by atoms with Gasteiger partial charge in [-0.2, -0.15) is 13.2 Å². The molecule has 0 aliphatic carbocycles. The smallest absolute Gasteiger partial charge is 0.298 e. The fourth-order valence-corrected chi connectivity index (χ4v) is 3.26. The molecule has 3 aromatic rings. The highest BCUT2D eigenvalue weighted by Crippen LogP contribution is 2.32. The zero-order valence-electron chi connectivity index (χ0n) is 14.0. The van der Waals surface area contributed by atoms with Crippen LogP contribution in [0.1, 0.15) is 32.5 Å². The number of rotatable bonds is 4. The molecule has 4 nitrogen and oxygen atoms in total. The van der Waals surface area contributed by atoms with Gasteiger partial charge in [-0.05, 0) is 24.3 Å². The average molecular weight is 390 g/mol. The average Bonchev–Trinajstić information content (AvgIpc) is 3.06. The van der Waals surface area contributed by atoms with Gasteiger partial charge in [-0.25, -0.2) is 4.98 Å². The minimum atomic E-state index is -4.47. The fraction of sp³-hybridized carbons (Fsp3) is 0.105. The predicted octanol–water partition coefficient (Wildman–Crippen LogP) is 5.28. The Balaban J connectivity index is 1.85. The van der Waals surface area contributed by atoms with Crippen molar-refractivity contribution in [2.24, 2.45) is 0 Å². The highest BCUT2D eigenvalue weighted by atomic mass is 32.1. The van der Waals surface area contributed by atoms with E-state index in [0.717, 1.165) is 41.2 Å². The molecule has 1 aromatic heterocycles. The van der Waals surface area contributed by atoms with Gasteiger partial charge in [0, 0.05) is 18.1 Å². The number of aromatic nitrogens is 1. The molecule has 0 atom stereocenters. The number of alkyl halides is 3. The van der Waals surface area contributed by atoms with Crippen LogP contribution in [0.25, 0.3) is 11.3 Å². The number of amides is 1. The molecule has 0 bridgehead atoms. The third-order valence-corrected chi connectivity index (χ3v) is 4.76. The van der Waals surface area contributed by atoms with E-state index < -0.39 is 17.6 Å².